The maximum atomic E-state index is 12.6. The van der Waals surface area contributed by atoms with Crippen molar-refractivity contribution in [2.24, 2.45) is 5.73 Å². The van der Waals surface area contributed by atoms with Gasteiger partial charge < -0.3 is 25.4 Å². The predicted octanol–water partition coefficient (Wildman–Crippen LogP) is 1.09. The molecular weight excluding hydrogens is 362 g/mol. The molecule has 2 aromatic rings. The molecule has 0 aliphatic carbocycles. The topological polar surface area (TPSA) is 111 Å². The Morgan fingerprint density at radius 3 is 2.61 bits per heavy atom. The van der Waals surface area contributed by atoms with Gasteiger partial charge in [0.2, 0.25) is 5.91 Å². The van der Waals surface area contributed by atoms with Gasteiger partial charge in [-0.1, -0.05) is 18.2 Å². The lowest BCUT2D eigenvalue weighted by molar-refractivity contribution is -0.120. The normalized spacial score (nSPS) is 16.0. The second kappa shape index (κ2) is 8.43. The van der Waals surface area contributed by atoms with E-state index in [9.17, 15) is 14.4 Å². The van der Waals surface area contributed by atoms with E-state index in [1.165, 1.54) is 25.3 Å². The van der Waals surface area contributed by atoms with E-state index in [1.807, 2.05) is 30.3 Å². The summed E-state index contributed by atoms with van der Waals surface area (Å²) in [7, 11) is 1.42. The van der Waals surface area contributed by atoms with Crippen LogP contribution in [-0.4, -0.2) is 44.0 Å². The Labute approximate surface area is 162 Å². The van der Waals surface area contributed by atoms with E-state index >= 15 is 0 Å². The van der Waals surface area contributed by atoms with Crippen LogP contribution in [0.25, 0.3) is 0 Å². The van der Waals surface area contributed by atoms with Crippen LogP contribution in [0.1, 0.15) is 16.8 Å². The van der Waals surface area contributed by atoms with E-state index < -0.39 is 17.9 Å². The van der Waals surface area contributed by atoms with E-state index in [4.69, 9.17) is 15.2 Å². The van der Waals surface area contributed by atoms with Crippen molar-refractivity contribution >= 4 is 23.4 Å². The van der Waals surface area contributed by atoms with Crippen molar-refractivity contribution in [3.8, 4) is 11.5 Å². The summed E-state index contributed by atoms with van der Waals surface area (Å²) in [5.74, 6) is -0.574. The fraction of sp³-hybridized carbons (Fsp3) is 0.250. The van der Waals surface area contributed by atoms with Gasteiger partial charge in [-0.2, -0.15) is 0 Å². The molecule has 1 atom stereocenters. The first kappa shape index (κ1) is 19.2. The van der Waals surface area contributed by atoms with Crippen LogP contribution in [0.4, 0.5) is 5.69 Å². The zero-order chi connectivity index (χ0) is 20.1. The fourth-order valence-electron chi connectivity index (χ4n) is 3.00. The lowest BCUT2D eigenvalue weighted by atomic mass is 10.1. The molecule has 8 nitrogen and oxygen atoms in total. The molecule has 1 aliphatic heterocycles. The van der Waals surface area contributed by atoms with Crippen molar-refractivity contribution in [3.05, 3.63) is 54.1 Å². The van der Waals surface area contributed by atoms with Gasteiger partial charge in [-0.15, -0.1) is 0 Å². The first-order valence-electron chi connectivity index (χ1n) is 8.76. The monoisotopic (exact) mass is 383 g/mol. The van der Waals surface area contributed by atoms with Gasteiger partial charge in [0, 0.05) is 17.8 Å². The van der Waals surface area contributed by atoms with Crippen LogP contribution in [0.2, 0.25) is 0 Å². The molecule has 8 heteroatoms. The summed E-state index contributed by atoms with van der Waals surface area (Å²) in [5, 5.41) is 2.77. The van der Waals surface area contributed by atoms with Gasteiger partial charge >= 0.3 is 0 Å². The number of amides is 3. The quantitative estimate of drug-likeness (QED) is 0.744. The summed E-state index contributed by atoms with van der Waals surface area (Å²) >= 11 is 0. The summed E-state index contributed by atoms with van der Waals surface area (Å²) in [6, 6.07) is 13.3. The molecule has 3 N–H and O–H groups in total. The number of ether oxygens (including phenoxy) is 2. The smallest absolute Gasteiger partial charge is 0.255 e. The largest absolute Gasteiger partial charge is 0.493 e. The number of primary amides is 1. The molecule has 0 saturated carbocycles. The Balaban J connectivity index is 1.68. The van der Waals surface area contributed by atoms with Crippen molar-refractivity contribution in [2.75, 3.05) is 25.2 Å². The number of rotatable bonds is 7. The van der Waals surface area contributed by atoms with E-state index in [2.05, 4.69) is 5.32 Å². The van der Waals surface area contributed by atoms with Crippen LogP contribution in [0.5, 0.6) is 11.5 Å². The number of hydrogen-bond donors (Lipinski definition) is 2. The van der Waals surface area contributed by atoms with Crippen molar-refractivity contribution in [3.63, 3.8) is 0 Å². The molecule has 0 bridgehead atoms. The Bertz CT molecular complexity index is 885. The molecule has 0 radical (unpaired) electrons. The standard InChI is InChI=1S/C20H21N3O5/c1-27-17-11-13(7-8-16(17)28-12-18(21)24)19(25)22-15-9-10-23(20(15)26)14-5-3-2-4-6-14/h2-8,11,15H,9-10,12H2,1H3,(H2,21,24)(H,22,25). The minimum atomic E-state index is -0.619. The molecule has 0 spiro atoms. The molecule has 1 heterocycles. The predicted molar refractivity (Wildman–Crippen MR) is 102 cm³/mol. The zero-order valence-corrected chi connectivity index (χ0v) is 15.4. The fourth-order valence-corrected chi connectivity index (χ4v) is 3.00. The maximum absolute atomic E-state index is 12.6. The minimum absolute atomic E-state index is 0.145. The summed E-state index contributed by atoms with van der Waals surface area (Å²) in [4.78, 5) is 37.7. The van der Waals surface area contributed by atoms with E-state index in [-0.39, 0.29) is 18.3 Å². The highest BCUT2D eigenvalue weighted by Gasteiger charge is 2.33. The molecule has 146 valence electrons. The highest BCUT2D eigenvalue weighted by atomic mass is 16.5. The van der Waals surface area contributed by atoms with Crippen molar-refractivity contribution in [1.82, 2.24) is 5.32 Å². The molecule has 1 saturated heterocycles. The van der Waals surface area contributed by atoms with Crippen molar-refractivity contribution in [2.45, 2.75) is 12.5 Å². The number of carbonyl (C=O) groups is 3. The summed E-state index contributed by atoms with van der Waals surface area (Å²) in [5.41, 5.74) is 6.18. The molecule has 1 fully saturated rings. The molecule has 28 heavy (non-hydrogen) atoms. The molecule has 1 aliphatic rings. The van der Waals surface area contributed by atoms with Crippen LogP contribution in [-0.2, 0) is 9.59 Å². The Hall–Kier alpha value is -3.55. The van der Waals surface area contributed by atoms with Crippen molar-refractivity contribution < 1.29 is 23.9 Å². The third kappa shape index (κ3) is 4.22. The first-order valence-corrected chi connectivity index (χ1v) is 8.76. The average molecular weight is 383 g/mol. The summed E-state index contributed by atoms with van der Waals surface area (Å²) < 4.78 is 10.4. The highest BCUT2D eigenvalue weighted by Crippen LogP contribution is 2.28. The minimum Gasteiger partial charge on any atom is -0.493 e. The number of nitrogens with one attached hydrogen (secondary N) is 1. The number of carbonyl (C=O) groups excluding carboxylic acids is 3. The number of hydrogen-bond acceptors (Lipinski definition) is 5. The van der Waals surface area contributed by atoms with Gasteiger partial charge in [0.1, 0.15) is 6.04 Å². The molecule has 0 aromatic heterocycles. The van der Waals surface area contributed by atoms with Gasteiger partial charge in [-0.05, 0) is 36.8 Å². The second-order valence-electron chi connectivity index (χ2n) is 6.26. The van der Waals surface area contributed by atoms with E-state index in [0.717, 1.165) is 5.69 Å². The molecule has 1 unspecified atom stereocenters. The van der Waals surface area contributed by atoms with Gasteiger partial charge in [0.15, 0.2) is 18.1 Å². The number of nitrogens with two attached hydrogens (primary N) is 1. The van der Waals surface area contributed by atoms with Crippen LogP contribution < -0.4 is 25.4 Å². The average Bonchev–Trinajstić information content (AvgIpc) is 3.07. The Morgan fingerprint density at radius 2 is 1.93 bits per heavy atom. The number of para-hydroxylation sites is 1. The number of anilines is 1. The highest BCUT2D eigenvalue weighted by molar-refractivity contribution is 6.04. The summed E-state index contributed by atoms with van der Waals surface area (Å²) in [6.45, 7) is 0.241. The van der Waals surface area contributed by atoms with Crippen LogP contribution in [0.3, 0.4) is 0 Å². The van der Waals surface area contributed by atoms with Crippen LogP contribution >= 0.6 is 0 Å². The van der Waals surface area contributed by atoms with E-state index in [0.29, 0.717) is 24.3 Å². The molecular formula is C20H21N3O5. The maximum Gasteiger partial charge on any atom is 0.255 e. The second-order valence-corrected chi connectivity index (χ2v) is 6.26. The number of nitrogens with zero attached hydrogens (tertiary/aromatic N) is 1. The van der Waals surface area contributed by atoms with Crippen LogP contribution in [0.15, 0.2) is 48.5 Å². The third-order valence-electron chi connectivity index (χ3n) is 4.37. The lowest BCUT2D eigenvalue weighted by Gasteiger charge is -2.17. The molecule has 2 aromatic carbocycles. The molecule has 3 amide bonds. The van der Waals surface area contributed by atoms with E-state index in [1.54, 1.807) is 4.90 Å². The molecule has 3 rings (SSSR count). The van der Waals surface area contributed by atoms with Gasteiger partial charge in [0.25, 0.3) is 11.8 Å². The Kier molecular flexibility index (Phi) is 5.78. The van der Waals surface area contributed by atoms with Gasteiger partial charge in [-0.3, -0.25) is 14.4 Å². The lowest BCUT2D eigenvalue weighted by Crippen LogP contribution is -2.41. The number of methoxy groups -OCH3 is 1. The SMILES string of the molecule is COc1cc(C(=O)NC2CCN(c3ccccc3)C2=O)ccc1OCC(N)=O. The zero-order valence-electron chi connectivity index (χ0n) is 15.4. The first-order chi connectivity index (χ1) is 13.5. The Morgan fingerprint density at radius 1 is 1.18 bits per heavy atom. The third-order valence-corrected chi connectivity index (χ3v) is 4.37. The summed E-state index contributed by atoms with van der Waals surface area (Å²) in [6.07, 6.45) is 0.524. The van der Waals surface area contributed by atoms with Crippen LogP contribution in [0, 0.1) is 0 Å². The van der Waals surface area contributed by atoms with Gasteiger partial charge in [0.05, 0.1) is 7.11 Å². The number of benzene rings is 2. The van der Waals surface area contributed by atoms with Crippen molar-refractivity contribution in [1.29, 1.82) is 0 Å². The van der Waals surface area contributed by atoms with Gasteiger partial charge in [-0.25, -0.2) is 0 Å².